The fraction of sp³-hybridized carbons (Fsp3) is 1.00. The lowest BCUT2D eigenvalue weighted by molar-refractivity contribution is 0.0100. The van der Waals surface area contributed by atoms with Crippen molar-refractivity contribution in [1.82, 2.24) is 5.32 Å². The van der Waals surface area contributed by atoms with Gasteiger partial charge in [0.15, 0.2) is 0 Å². The maximum atomic E-state index is 5.47. The van der Waals surface area contributed by atoms with Crippen LogP contribution in [-0.4, -0.2) is 25.3 Å². The molecule has 0 spiro atoms. The van der Waals surface area contributed by atoms with Crippen LogP contribution in [0.1, 0.15) is 60.3 Å². The van der Waals surface area contributed by atoms with E-state index in [0.717, 1.165) is 18.9 Å². The van der Waals surface area contributed by atoms with Crippen molar-refractivity contribution in [3.63, 3.8) is 0 Å². The van der Waals surface area contributed by atoms with Crippen LogP contribution in [0, 0.1) is 5.92 Å². The fourth-order valence-electron chi connectivity index (χ4n) is 1.81. The first-order chi connectivity index (χ1) is 7.41. The van der Waals surface area contributed by atoms with Gasteiger partial charge in [0.2, 0.25) is 0 Å². The highest BCUT2D eigenvalue weighted by Crippen LogP contribution is 2.21. The minimum atomic E-state index is 0.0316. The maximum Gasteiger partial charge on any atom is 0.0622 e. The summed E-state index contributed by atoms with van der Waals surface area (Å²) in [5.74, 6) is 0.793. The number of hydrogen-bond donors (Lipinski definition) is 1. The van der Waals surface area contributed by atoms with Crippen molar-refractivity contribution >= 4 is 0 Å². The number of nitrogens with one attached hydrogen (secondary N) is 1. The second kappa shape index (κ2) is 8.08. The first-order valence-corrected chi connectivity index (χ1v) is 6.69. The van der Waals surface area contributed by atoms with Crippen molar-refractivity contribution in [2.45, 2.75) is 71.9 Å². The minimum absolute atomic E-state index is 0.0316. The van der Waals surface area contributed by atoms with Crippen LogP contribution >= 0.6 is 0 Å². The molecule has 0 heterocycles. The molecule has 0 aliphatic carbocycles. The first-order valence-electron chi connectivity index (χ1n) is 6.69. The van der Waals surface area contributed by atoms with Crippen LogP contribution in [0.5, 0.6) is 0 Å². The van der Waals surface area contributed by atoms with Gasteiger partial charge in [-0.15, -0.1) is 0 Å². The lowest BCUT2D eigenvalue weighted by atomic mass is 9.91. The highest BCUT2D eigenvalue weighted by atomic mass is 16.5. The van der Waals surface area contributed by atoms with E-state index in [1.807, 2.05) is 0 Å². The molecule has 1 atom stereocenters. The third-order valence-electron chi connectivity index (χ3n) is 3.22. The summed E-state index contributed by atoms with van der Waals surface area (Å²) < 4.78 is 5.47. The van der Waals surface area contributed by atoms with E-state index in [-0.39, 0.29) is 5.60 Å². The Labute approximate surface area is 102 Å². The Bertz CT molecular complexity index is 166. The molecular formula is C14H31NO. The molecule has 0 radical (unpaired) electrons. The second-order valence-corrected chi connectivity index (χ2v) is 5.72. The third kappa shape index (κ3) is 8.12. The number of rotatable bonds is 9. The van der Waals surface area contributed by atoms with Gasteiger partial charge < -0.3 is 10.1 Å². The molecule has 0 fully saturated rings. The van der Waals surface area contributed by atoms with Gasteiger partial charge in [-0.05, 0) is 45.6 Å². The van der Waals surface area contributed by atoms with Gasteiger partial charge in [-0.25, -0.2) is 0 Å². The van der Waals surface area contributed by atoms with Gasteiger partial charge in [0.1, 0.15) is 0 Å². The molecule has 0 amide bonds. The quantitative estimate of drug-likeness (QED) is 0.652. The van der Waals surface area contributed by atoms with Crippen LogP contribution in [0.4, 0.5) is 0 Å². The molecule has 2 nitrogen and oxygen atoms in total. The molecule has 2 heteroatoms. The van der Waals surface area contributed by atoms with E-state index in [9.17, 15) is 0 Å². The largest absolute Gasteiger partial charge is 0.379 e. The SMILES string of the molecule is CCCC(CCC(C)(C)OC)CNC(C)C. The summed E-state index contributed by atoms with van der Waals surface area (Å²) in [5, 5.41) is 3.54. The average molecular weight is 229 g/mol. The van der Waals surface area contributed by atoms with E-state index in [1.165, 1.54) is 19.3 Å². The molecule has 0 aromatic heterocycles. The standard InChI is InChI=1S/C14H31NO/c1-7-8-13(11-15-12(2)3)9-10-14(4,5)16-6/h12-13,15H,7-11H2,1-6H3. The monoisotopic (exact) mass is 229 g/mol. The Morgan fingerprint density at radius 1 is 1.19 bits per heavy atom. The summed E-state index contributed by atoms with van der Waals surface area (Å²) in [6.45, 7) is 12.2. The zero-order valence-corrected chi connectivity index (χ0v) is 12.1. The number of methoxy groups -OCH3 is 1. The van der Waals surface area contributed by atoms with E-state index >= 15 is 0 Å². The van der Waals surface area contributed by atoms with Crippen molar-refractivity contribution in [3.05, 3.63) is 0 Å². The van der Waals surface area contributed by atoms with Crippen LogP contribution < -0.4 is 5.32 Å². The predicted molar refractivity (Wildman–Crippen MR) is 71.9 cm³/mol. The molecule has 1 unspecified atom stereocenters. The maximum absolute atomic E-state index is 5.47. The molecule has 0 saturated carbocycles. The van der Waals surface area contributed by atoms with Gasteiger partial charge in [0, 0.05) is 13.2 Å². The summed E-state index contributed by atoms with van der Waals surface area (Å²) in [6, 6.07) is 0.592. The van der Waals surface area contributed by atoms with Crippen LogP contribution in [0.2, 0.25) is 0 Å². The Balaban J connectivity index is 3.93. The summed E-state index contributed by atoms with van der Waals surface area (Å²) in [6.07, 6.45) is 5.00. The summed E-state index contributed by atoms with van der Waals surface area (Å²) in [4.78, 5) is 0. The van der Waals surface area contributed by atoms with Crippen LogP contribution in [-0.2, 0) is 4.74 Å². The lowest BCUT2D eigenvalue weighted by Gasteiger charge is -2.26. The molecule has 0 rings (SSSR count). The minimum Gasteiger partial charge on any atom is -0.379 e. The van der Waals surface area contributed by atoms with E-state index < -0.39 is 0 Å². The molecule has 16 heavy (non-hydrogen) atoms. The molecule has 0 aliphatic rings. The first kappa shape index (κ1) is 15.9. The number of ether oxygens (including phenoxy) is 1. The Hall–Kier alpha value is -0.0800. The van der Waals surface area contributed by atoms with Crippen LogP contribution in [0.15, 0.2) is 0 Å². The zero-order chi connectivity index (χ0) is 12.6. The molecule has 0 aromatic rings. The lowest BCUT2D eigenvalue weighted by Crippen LogP contribution is -2.31. The molecule has 1 N–H and O–H groups in total. The third-order valence-corrected chi connectivity index (χ3v) is 3.22. The van der Waals surface area contributed by atoms with Crippen molar-refractivity contribution in [2.24, 2.45) is 5.92 Å². The molecule has 0 saturated heterocycles. The molecular weight excluding hydrogens is 198 g/mol. The van der Waals surface area contributed by atoms with Crippen LogP contribution in [0.25, 0.3) is 0 Å². The fourth-order valence-corrected chi connectivity index (χ4v) is 1.81. The van der Waals surface area contributed by atoms with Crippen LogP contribution in [0.3, 0.4) is 0 Å². The Morgan fingerprint density at radius 3 is 2.25 bits per heavy atom. The zero-order valence-electron chi connectivity index (χ0n) is 12.1. The van der Waals surface area contributed by atoms with Gasteiger partial charge in [-0.1, -0.05) is 27.2 Å². The van der Waals surface area contributed by atoms with Crippen molar-refractivity contribution in [1.29, 1.82) is 0 Å². The highest BCUT2D eigenvalue weighted by molar-refractivity contribution is 4.72. The summed E-state index contributed by atoms with van der Waals surface area (Å²) >= 11 is 0. The van der Waals surface area contributed by atoms with Gasteiger partial charge in [0.05, 0.1) is 5.60 Å². The van der Waals surface area contributed by atoms with E-state index in [0.29, 0.717) is 6.04 Å². The van der Waals surface area contributed by atoms with Crippen molar-refractivity contribution in [3.8, 4) is 0 Å². The van der Waals surface area contributed by atoms with Crippen molar-refractivity contribution in [2.75, 3.05) is 13.7 Å². The van der Waals surface area contributed by atoms with E-state index in [1.54, 1.807) is 7.11 Å². The molecule has 0 aromatic carbocycles. The second-order valence-electron chi connectivity index (χ2n) is 5.72. The van der Waals surface area contributed by atoms with E-state index in [4.69, 9.17) is 4.74 Å². The van der Waals surface area contributed by atoms with Gasteiger partial charge in [-0.2, -0.15) is 0 Å². The summed E-state index contributed by atoms with van der Waals surface area (Å²) in [7, 11) is 1.81. The summed E-state index contributed by atoms with van der Waals surface area (Å²) in [5.41, 5.74) is 0.0316. The van der Waals surface area contributed by atoms with Crippen molar-refractivity contribution < 1.29 is 4.74 Å². The predicted octanol–water partition coefficient (Wildman–Crippen LogP) is 3.61. The average Bonchev–Trinajstić information content (AvgIpc) is 2.22. The van der Waals surface area contributed by atoms with Gasteiger partial charge in [-0.3, -0.25) is 0 Å². The molecule has 0 aliphatic heterocycles. The van der Waals surface area contributed by atoms with Gasteiger partial charge in [0.25, 0.3) is 0 Å². The normalized spacial score (nSPS) is 14.4. The Morgan fingerprint density at radius 2 is 1.81 bits per heavy atom. The number of hydrogen-bond acceptors (Lipinski definition) is 2. The topological polar surface area (TPSA) is 21.3 Å². The van der Waals surface area contributed by atoms with E-state index in [2.05, 4.69) is 39.9 Å². The molecule has 0 bridgehead atoms. The molecule has 98 valence electrons. The van der Waals surface area contributed by atoms with Gasteiger partial charge >= 0.3 is 0 Å². The highest BCUT2D eigenvalue weighted by Gasteiger charge is 2.18. The Kier molecular flexibility index (Phi) is 8.04. The smallest absolute Gasteiger partial charge is 0.0622 e.